The number of hydrogen-bond donors (Lipinski definition) is 2. The van der Waals surface area contributed by atoms with Crippen molar-refractivity contribution in [2.75, 3.05) is 41.7 Å². The summed E-state index contributed by atoms with van der Waals surface area (Å²) in [5, 5.41) is 5.48. The third-order valence-corrected chi connectivity index (χ3v) is 5.44. The monoisotopic (exact) mass is 491 g/mol. The fourth-order valence-corrected chi connectivity index (χ4v) is 3.61. The molecule has 3 amide bonds. The maximum atomic E-state index is 12.6. The minimum absolute atomic E-state index is 0.205. The number of carbonyl (C=O) groups is 3. The highest BCUT2D eigenvalue weighted by Crippen LogP contribution is 2.19. The summed E-state index contributed by atoms with van der Waals surface area (Å²) in [5.41, 5.74) is 1.36. The predicted molar refractivity (Wildman–Crippen MR) is 135 cm³/mol. The van der Waals surface area contributed by atoms with Crippen LogP contribution in [0.2, 0.25) is 0 Å². The molecule has 0 spiro atoms. The van der Waals surface area contributed by atoms with Crippen molar-refractivity contribution in [3.05, 3.63) is 72.3 Å². The van der Waals surface area contributed by atoms with E-state index in [1.807, 2.05) is 26.8 Å². The Labute approximate surface area is 209 Å². The average Bonchev–Trinajstić information content (AvgIpc) is 3.39. The third-order valence-electron chi connectivity index (χ3n) is 5.44. The van der Waals surface area contributed by atoms with Gasteiger partial charge < -0.3 is 29.6 Å². The van der Waals surface area contributed by atoms with Gasteiger partial charge in [0.2, 0.25) is 0 Å². The molecule has 2 N–H and O–H groups in total. The van der Waals surface area contributed by atoms with E-state index >= 15 is 0 Å². The lowest BCUT2D eigenvalue weighted by Crippen LogP contribution is -2.50. The minimum Gasteiger partial charge on any atom is -0.459 e. The maximum absolute atomic E-state index is 12.6. The summed E-state index contributed by atoms with van der Waals surface area (Å²) in [6.45, 7) is 8.00. The zero-order valence-corrected chi connectivity index (χ0v) is 20.5. The van der Waals surface area contributed by atoms with Crippen LogP contribution in [0.5, 0.6) is 0 Å². The number of benzene rings is 1. The zero-order valence-electron chi connectivity index (χ0n) is 20.5. The van der Waals surface area contributed by atoms with E-state index in [0.29, 0.717) is 43.2 Å². The average molecular weight is 492 g/mol. The smallest absolute Gasteiger partial charge is 0.410 e. The Morgan fingerprint density at radius 3 is 2.22 bits per heavy atom. The summed E-state index contributed by atoms with van der Waals surface area (Å²) >= 11 is 0. The van der Waals surface area contributed by atoms with E-state index in [1.165, 1.54) is 6.26 Å². The van der Waals surface area contributed by atoms with Crippen LogP contribution in [0.25, 0.3) is 0 Å². The molecule has 3 aromatic rings. The SMILES string of the molecule is CC(C)(C)OC(=O)N1CCN(c2ccc(NC(=O)c3ccc(NC(=O)c4ccco4)cc3)nc2)CC1. The van der Waals surface area contributed by atoms with Gasteiger partial charge in [-0.3, -0.25) is 9.59 Å². The van der Waals surface area contributed by atoms with Crippen LogP contribution in [0.1, 0.15) is 41.7 Å². The van der Waals surface area contributed by atoms with Gasteiger partial charge in [0.1, 0.15) is 11.4 Å². The number of nitrogens with zero attached hydrogens (tertiary/aromatic N) is 3. The molecule has 188 valence electrons. The molecule has 4 rings (SSSR count). The van der Waals surface area contributed by atoms with Gasteiger partial charge in [-0.2, -0.15) is 0 Å². The van der Waals surface area contributed by atoms with E-state index in [9.17, 15) is 14.4 Å². The number of carbonyl (C=O) groups excluding carboxylic acids is 3. The largest absolute Gasteiger partial charge is 0.459 e. The second-order valence-electron chi connectivity index (χ2n) is 9.32. The van der Waals surface area contributed by atoms with Gasteiger partial charge in [-0.25, -0.2) is 9.78 Å². The van der Waals surface area contributed by atoms with Crippen molar-refractivity contribution in [2.45, 2.75) is 26.4 Å². The molecule has 1 fully saturated rings. The molecule has 36 heavy (non-hydrogen) atoms. The third kappa shape index (κ3) is 6.41. The molecule has 0 unspecified atom stereocenters. The molecule has 2 aromatic heterocycles. The first-order valence-electron chi connectivity index (χ1n) is 11.6. The molecule has 10 heteroatoms. The Bertz CT molecular complexity index is 1190. The van der Waals surface area contributed by atoms with Crippen LogP contribution in [-0.4, -0.2) is 59.6 Å². The number of furan rings is 1. The Morgan fingerprint density at radius 2 is 1.64 bits per heavy atom. The number of nitrogens with one attached hydrogen (secondary N) is 2. The molecule has 0 atom stereocenters. The van der Waals surface area contributed by atoms with Crippen molar-refractivity contribution in [3.63, 3.8) is 0 Å². The predicted octanol–water partition coefficient (Wildman–Crippen LogP) is 4.24. The molecule has 1 aliphatic heterocycles. The summed E-state index contributed by atoms with van der Waals surface area (Å²) < 4.78 is 10.5. The van der Waals surface area contributed by atoms with E-state index < -0.39 is 5.60 Å². The van der Waals surface area contributed by atoms with E-state index in [2.05, 4.69) is 20.5 Å². The molecule has 1 saturated heterocycles. The Kier molecular flexibility index (Phi) is 7.23. The van der Waals surface area contributed by atoms with E-state index in [0.717, 1.165) is 5.69 Å². The van der Waals surface area contributed by atoms with Crippen LogP contribution < -0.4 is 15.5 Å². The van der Waals surface area contributed by atoms with Gasteiger partial charge in [0.25, 0.3) is 11.8 Å². The number of anilines is 3. The molecule has 0 saturated carbocycles. The lowest BCUT2D eigenvalue weighted by molar-refractivity contribution is 0.0240. The van der Waals surface area contributed by atoms with Crippen molar-refractivity contribution in [3.8, 4) is 0 Å². The van der Waals surface area contributed by atoms with Gasteiger partial charge in [-0.1, -0.05) is 0 Å². The quantitative estimate of drug-likeness (QED) is 0.548. The van der Waals surface area contributed by atoms with Crippen molar-refractivity contribution in [2.24, 2.45) is 0 Å². The fraction of sp³-hybridized carbons (Fsp3) is 0.308. The number of hydrogen-bond acceptors (Lipinski definition) is 7. The number of aromatic nitrogens is 1. The van der Waals surface area contributed by atoms with Crippen molar-refractivity contribution < 1.29 is 23.5 Å². The topological polar surface area (TPSA) is 117 Å². The lowest BCUT2D eigenvalue weighted by atomic mass is 10.2. The van der Waals surface area contributed by atoms with Gasteiger partial charge in [0.15, 0.2) is 5.76 Å². The van der Waals surface area contributed by atoms with Crippen LogP contribution in [0, 0.1) is 0 Å². The number of piperazine rings is 1. The standard InChI is InChI=1S/C26H29N5O5/c1-26(2,3)36-25(34)31-14-12-30(13-15-31)20-10-11-22(27-17-20)29-23(32)18-6-8-19(9-7-18)28-24(33)21-5-4-16-35-21/h4-11,16-17H,12-15H2,1-3H3,(H,28,33)(H,27,29,32). The van der Waals surface area contributed by atoms with Crippen LogP contribution in [-0.2, 0) is 4.74 Å². The Hall–Kier alpha value is -4.34. The summed E-state index contributed by atoms with van der Waals surface area (Å²) in [4.78, 5) is 45.1. The van der Waals surface area contributed by atoms with Crippen molar-refractivity contribution in [1.82, 2.24) is 9.88 Å². The lowest BCUT2D eigenvalue weighted by Gasteiger charge is -2.36. The molecule has 0 radical (unpaired) electrons. The fourth-order valence-electron chi connectivity index (χ4n) is 3.61. The Balaban J connectivity index is 1.28. The maximum Gasteiger partial charge on any atom is 0.410 e. The number of ether oxygens (including phenoxy) is 1. The molecule has 10 nitrogen and oxygen atoms in total. The van der Waals surface area contributed by atoms with Crippen LogP contribution in [0.4, 0.5) is 22.0 Å². The zero-order chi connectivity index (χ0) is 25.7. The number of amides is 3. The highest BCUT2D eigenvalue weighted by Gasteiger charge is 2.26. The van der Waals surface area contributed by atoms with Gasteiger partial charge in [-0.15, -0.1) is 0 Å². The highest BCUT2D eigenvalue weighted by molar-refractivity contribution is 6.05. The first-order valence-corrected chi connectivity index (χ1v) is 11.6. The summed E-state index contributed by atoms with van der Waals surface area (Å²) in [6.07, 6.45) is 2.83. The summed E-state index contributed by atoms with van der Waals surface area (Å²) in [5.74, 6) is -0.0551. The van der Waals surface area contributed by atoms with Crippen LogP contribution in [0.15, 0.2) is 65.4 Å². The van der Waals surface area contributed by atoms with E-state index in [4.69, 9.17) is 9.15 Å². The first kappa shape index (κ1) is 24.8. The van der Waals surface area contributed by atoms with Crippen molar-refractivity contribution in [1.29, 1.82) is 0 Å². The molecule has 0 bridgehead atoms. The highest BCUT2D eigenvalue weighted by atomic mass is 16.6. The molecular weight excluding hydrogens is 462 g/mol. The molecular formula is C26H29N5O5. The minimum atomic E-state index is -0.517. The molecule has 0 aliphatic carbocycles. The molecule has 1 aliphatic rings. The van der Waals surface area contributed by atoms with E-state index in [1.54, 1.807) is 53.6 Å². The molecule has 3 heterocycles. The van der Waals surface area contributed by atoms with E-state index in [-0.39, 0.29) is 23.7 Å². The van der Waals surface area contributed by atoms with Crippen LogP contribution in [0.3, 0.4) is 0 Å². The normalized spacial score (nSPS) is 13.8. The second-order valence-corrected chi connectivity index (χ2v) is 9.32. The van der Waals surface area contributed by atoms with Gasteiger partial charge in [0, 0.05) is 37.4 Å². The Morgan fingerprint density at radius 1 is 0.917 bits per heavy atom. The van der Waals surface area contributed by atoms with Crippen molar-refractivity contribution >= 4 is 35.1 Å². The first-order chi connectivity index (χ1) is 17.2. The summed E-state index contributed by atoms with van der Waals surface area (Å²) in [7, 11) is 0. The second kappa shape index (κ2) is 10.5. The van der Waals surface area contributed by atoms with Crippen LogP contribution >= 0.6 is 0 Å². The van der Waals surface area contributed by atoms with Gasteiger partial charge in [0.05, 0.1) is 18.1 Å². The molecule has 1 aromatic carbocycles. The summed E-state index contributed by atoms with van der Waals surface area (Å²) in [6, 6.07) is 13.4. The number of rotatable bonds is 5. The number of pyridine rings is 1. The van der Waals surface area contributed by atoms with Gasteiger partial charge >= 0.3 is 6.09 Å². The van der Waals surface area contributed by atoms with Gasteiger partial charge in [-0.05, 0) is 69.3 Å².